The van der Waals surface area contributed by atoms with Gasteiger partial charge in [0.1, 0.15) is 0 Å². The molecule has 0 heterocycles. The topological polar surface area (TPSA) is 66.5 Å². The summed E-state index contributed by atoms with van der Waals surface area (Å²) in [5, 5.41) is 2.76. The molecule has 5 nitrogen and oxygen atoms in total. The van der Waals surface area contributed by atoms with Crippen LogP contribution in [-0.4, -0.2) is 33.7 Å². The van der Waals surface area contributed by atoms with E-state index in [9.17, 15) is 13.2 Å². The standard InChI is InChI=1S/C16H26N2O3S/c1-5-14-6-8-15(9-7-14)18(22(4,20)21)11-10-17-16(19)12-13(2)3/h6-9,13H,5,10-12H2,1-4H3,(H,17,19). The van der Waals surface area contributed by atoms with Gasteiger partial charge >= 0.3 is 0 Å². The number of anilines is 1. The normalized spacial score (nSPS) is 11.5. The predicted molar refractivity (Wildman–Crippen MR) is 90.5 cm³/mol. The number of rotatable bonds is 8. The van der Waals surface area contributed by atoms with Gasteiger partial charge in [0.25, 0.3) is 0 Å². The Morgan fingerprint density at radius 1 is 1.23 bits per heavy atom. The minimum absolute atomic E-state index is 0.0511. The Balaban J connectivity index is 2.72. The van der Waals surface area contributed by atoms with Crippen LogP contribution in [0, 0.1) is 5.92 Å². The highest BCUT2D eigenvalue weighted by Crippen LogP contribution is 2.18. The maximum absolute atomic E-state index is 12.0. The van der Waals surface area contributed by atoms with Crippen molar-refractivity contribution in [1.82, 2.24) is 5.32 Å². The molecule has 1 aromatic rings. The number of nitrogens with one attached hydrogen (secondary N) is 1. The Morgan fingerprint density at radius 2 is 1.82 bits per heavy atom. The molecule has 1 rings (SSSR count). The maximum atomic E-state index is 12.0. The fourth-order valence-electron chi connectivity index (χ4n) is 2.12. The number of nitrogens with zero attached hydrogens (tertiary/aromatic N) is 1. The molecule has 0 saturated carbocycles. The lowest BCUT2D eigenvalue weighted by Crippen LogP contribution is -2.38. The van der Waals surface area contributed by atoms with E-state index >= 15 is 0 Å². The summed E-state index contributed by atoms with van der Waals surface area (Å²) in [5.74, 6) is 0.234. The average Bonchev–Trinajstić information content (AvgIpc) is 2.42. The van der Waals surface area contributed by atoms with Crippen molar-refractivity contribution in [3.05, 3.63) is 29.8 Å². The van der Waals surface area contributed by atoms with Crippen molar-refractivity contribution in [3.8, 4) is 0 Å². The highest BCUT2D eigenvalue weighted by atomic mass is 32.2. The molecule has 0 aromatic heterocycles. The lowest BCUT2D eigenvalue weighted by molar-refractivity contribution is -0.121. The summed E-state index contributed by atoms with van der Waals surface area (Å²) in [6.45, 7) is 6.52. The van der Waals surface area contributed by atoms with Crippen molar-refractivity contribution in [2.75, 3.05) is 23.7 Å². The zero-order valence-corrected chi connectivity index (χ0v) is 14.6. The fourth-order valence-corrected chi connectivity index (χ4v) is 3.05. The van der Waals surface area contributed by atoms with E-state index in [0.717, 1.165) is 12.0 Å². The zero-order valence-electron chi connectivity index (χ0n) is 13.8. The van der Waals surface area contributed by atoms with Crippen LogP contribution in [0.15, 0.2) is 24.3 Å². The molecule has 1 aromatic carbocycles. The molecule has 0 aliphatic carbocycles. The monoisotopic (exact) mass is 326 g/mol. The van der Waals surface area contributed by atoms with Crippen LogP contribution >= 0.6 is 0 Å². The third kappa shape index (κ3) is 6.05. The quantitative estimate of drug-likeness (QED) is 0.796. The first-order valence-corrected chi connectivity index (χ1v) is 9.42. The number of hydrogen-bond donors (Lipinski definition) is 1. The fraction of sp³-hybridized carbons (Fsp3) is 0.562. The van der Waals surface area contributed by atoms with Gasteiger partial charge in [-0.05, 0) is 30.0 Å². The van der Waals surface area contributed by atoms with Gasteiger partial charge in [-0.2, -0.15) is 0 Å². The number of carbonyl (C=O) groups is 1. The van der Waals surface area contributed by atoms with Crippen LogP contribution < -0.4 is 9.62 Å². The number of carbonyl (C=O) groups excluding carboxylic acids is 1. The van der Waals surface area contributed by atoms with Gasteiger partial charge < -0.3 is 5.32 Å². The van der Waals surface area contributed by atoms with E-state index < -0.39 is 10.0 Å². The highest BCUT2D eigenvalue weighted by Gasteiger charge is 2.17. The van der Waals surface area contributed by atoms with Crippen LogP contribution in [0.4, 0.5) is 5.69 Å². The summed E-state index contributed by atoms with van der Waals surface area (Å²) < 4.78 is 25.2. The summed E-state index contributed by atoms with van der Waals surface area (Å²) in [5.41, 5.74) is 1.78. The summed E-state index contributed by atoms with van der Waals surface area (Å²) in [6, 6.07) is 7.45. The van der Waals surface area contributed by atoms with Gasteiger partial charge in [-0.3, -0.25) is 9.10 Å². The molecule has 0 atom stereocenters. The van der Waals surface area contributed by atoms with Crippen molar-refractivity contribution in [3.63, 3.8) is 0 Å². The Hall–Kier alpha value is -1.56. The molecule has 6 heteroatoms. The van der Waals surface area contributed by atoms with Gasteiger partial charge in [-0.15, -0.1) is 0 Å². The SMILES string of the molecule is CCc1ccc(N(CCNC(=O)CC(C)C)S(C)(=O)=O)cc1. The van der Waals surface area contributed by atoms with Gasteiger partial charge in [-0.1, -0.05) is 32.9 Å². The average molecular weight is 326 g/mol. The van der Waals surface area contributed by atoms with Crippen LogP contribution in [0.1, 0.15) is 32.8 Å². The molecule has 22 heavy (non-hydrogen) atoms. The molecular weight excluding hydrogens is 300 g/mol. The number of sulfonamides is 1. The second-order valence-electron chi connectivity index (χ2n) is 5.80. The van der Waals surface area contributed by atoms with Gasteiger partial charge in [0.15, 0.2) is 0 Å². The first-order chi connectivity index (χ1) is 10.2. The Labute approximate surface area is 133 Å². The first kappa shape index (κ1) is 18.5. The molecule has 0 fully saturated rings. The molecule has 0 unspecified atom stereocenters. The van der Waals surface area contributed by atoms with Crippen LogP contribution in [0.25, 0.3) is 0 Å². The van der Waals surface area contributed by atoms with E-state index in [4.69, 9.17) is 0 Å². The Bertz CT molecular complexity index is 580. The van der Waals surface area contributed by atoms with E-state index in [1.54, 1.807) is 12.1 Å². The molecular formula is C16H26N2O3S. The molecule has 0 spiro atoms. The predicted octanol–water partition coefficient (Wildman–Crippen LogP) is 2.18. The van der Waals surface area contributed by atoms with E-state index in [0.29, 0.717) is 18.7 Å². The molecule has 0 aliphatic rings. The van der Waals surface area contributed by atoms with Crippen molar-refractivity contribution in [2.24, 2.45) is 5.92 Å². The first-order valence-electron chi connectivity index (χ1n) is 7.57. The summed E-state index contributed by atoms with van der Waals surface area (Å²) in [4.78, 5) is 11.6. The Morgan fingerprint density at radius 3 is 2.27 bits per heavy atom. The number of benzene rings is 1. The van der Waals surface area contributed by atoms with Gasteiger partial charge in [0, 0.05) is 13.0 Å². The van der Waals surface area contributed by atoms with Crippen molar-refractivity contribution >= 4 is 21.6 Å². The van der Waals surface area contributed by atoms with Crippen LogP contribution in [0.5, 0.6) is 0 Å². The van der Waals surface area contributed by atoms with E-state index in [2.05, 4.69) is 5.32 Å². The molecule has 0 aliphatic heterocycles. The largest absolute Gasteiger partial charge is 0.354 e. The summed E-state index contributed by atoms with van der Waals surface area (Å²) >= 11 is 0. The van der Waals surface area contributed by atoms with Crippen LogP contribution in [0.2, 0.25) is 0 Å². The molecule has 0 saturated heterocycles. The third-order valence-electron chi connectivity index (χ3n) is 3.26. The summed E-state index contributed by atoms with van der Waals surface area (Å²) in [6.07, 6.45) is 2.53. The molecule has 124 valence electrons. The van der Waals surface area contributed by atoms with E-state index in [1.165, 1.54) is 10.6 Å². The summed E-state index contributed by atoms with van der Waals surface area (Å²) in [7, 11) is -3.38. The second kappa shape index (κ2) is 8.17. The van der Waals surface area contributed by atoms with Crippen LogP contribution in [0.3, 0.4) is 0 Å². The van der Waals surface area contributed by atoms with Gasteiger partial charge in [0.2, 0.25) is 15.9 Å². The van der Waals surface area contributed by atoms with Crippen molar-refractivity contribution in [1.29, 1.82) is 0 Å². The van der Waals surface area contributed by atoms with E-state index in [-0.39, 0.29) is 18.4 Å². The lowest BCUT2D eigenvalue weighted by Gasteiger charge is -2.23. The number of hydrogen-bond acceptors (Lipinski definition) is 3. The van der Waals surface area contributed by atoms with Crippen LogP contribution in [-0.2, 0) is 21.2 Å². The molecule has 1 N–H and O–H groups in total. The van der Waals surface area contributed by atoms with Gasteiger partial charge in [0.05, 0.1) is 18.5 Å². The van der Waals surface area contributed by atoms with Gasteiger partial charge in [-0.25, -0.2) is 8.42 Å². The lowest BCUT2D eigenvalue weighted by atomic mass is 10.1. The maximum Gasteiger partial charge on any atom is 0.232 e. The zero-order chi connectivity index (χ0) is 16.8. The molecule has 1 amide bonds. The Kier molecular flexibility index (Phi) is 6.87. The van der Waals surface area contributed by atoms with Crippen molar-refractivity contribution in [2.45, 2.75) is 33.6 Å². The smallest absolute Gasteiger partial charge is 0.232 e. The molecule has 0 radical (unpaired) electrons. The van der Waals surface area contributed by atoms with Crippen molar-refractivity contribution < 1.29 is 13.2 Å². The number of aryl methyl sites for hydroxylation is 1. The third-order valence-corrected chi connectivity index (χ3v) is 4.46. The van der Waals surface area contributed by atoms with E-state index in [1.807, 2.05) is 32.9 Å². The minimum Gasteiger partial charge on any atom is -0.354 e. The molecule has 0 bridgehead atoms. The number of amides is 1. The second-order valence-corrected chi connectivity index (χ2v) is 7.71. The highest BCUT2D eigenvalue weighted by molar-refractivity contribution is 7.92. The minimum atomic E-state index is -3.38.